The lowest BCUT2D eigenvalue weighted by Crippen LogP contribution is -2.53. The first-order valence-corrected chi connectivity index (χ1v) is 29.0. The van der Waals surface area contributed by atoms with Gasteiger partial charge in [0.05, 0.1) is 18.8 Å². The second-order valence-electron chi connectivity index (χ2n) is 20.0. The molecule has 0 spiro atoms. The van der Waals surface area contributed by atoms with Gasteiger partial charge in [-0.1, -0.05) is 262 Å². The van der Waals surface area contributed by atoms with Crippen LogP contribution in [-0.4, -0.2) is 57.3 Å². The van der Waals surface area contributed by atoms with Gasteiger partial charge in [-0.25, -0.2) is 0 Å². The van der Waals surface area contributed by atoms with Crippen molar-refractivity contribution < 1.29 is 25.2 Å². The molecule has 4 unspecified atom stereocenters. The van der Waals surface area contributed by atoms with E-state index in [1.165, 1.54) is 205 Å². The third kappa shape index (κ3) is 47.3. The summed E-state index contributed by atoms with van der Waals surface area (Å²) in [6, 6.07) is -1.02. The number of carbonyl (C=O) groups is 1. The van der Waals surface area contributed by atoms with Crippen LogP contribution < -0.4 is 5.32 Å². The minimum atomic E-state index is -1.30. The van der Waals surface area contributed by atoms with Crippen molar-refractivity contribution in [1.82, 2.24) is 5.32 Å². The van der Waals surface area contributed by atoms with Crippen LogP contribution in [-0.2, 0) is 4.79 Å². The summed E-state index contributed by atoms with van der Waals surface area (Å²) in [6.07, 6.45) is 69.0. The van der Waals surface area contributed by atoms with E-state index in [2.05, 4.69) is 67.8 Å². The van der Waals surface area contributed by atoms with Crippen LogP contribution in [0.4, 0.5) is 0 Å². The van der Waals surface area contributed by atoms with Gasteiger partial charge in [0, 0.05) is 0 Å². The van der Waals surface area contributed by atoms with Crippen molar-refractivity contribution in [3.05, 3.63) is 48.6 Å². The monoisotopic (exact) mass is 928 g/mol. The van der Waals surface area contributed by atoms with Gasteiger partial charge in [0.15, 0.2) is 0 Å². The van der Waals surface area contributed by atoms with Crippen LogP contribution in [0.3, 0.4) is 0 Å². The molecule has 388 valence electrons. The molecule has 1 amide bonds. The molecule has 0 bridgehead atoms. The fourth-order valence-electron chi connectivity index (χ4n) is 8.92. The number of hydrogen-bond donors (Lipinski definition) is 5. The zero-order chi connectivity index (χ0) is 48.1. The number of allylic oxidation sites excluding steroid dienone is 8. The molecule has 0 heterocycles. The van der Waals surface area contributed by atoms with Gasteiger partial charge in [-0.05, 0) is 83.5 Å². The molecule has 0 aliphatic rings. The van der Waals surface area contributed by atoms with Gasteiger partial charge in [-0.3, -0.25) is 4.79 Å². The van der Waals surface area contributed by atoms with Gasteiger partial charge < -0.3 is 25.7 Å². The summed E-state index contributed by atoms with van der Waals surface area (Å²) in [5, 5.41) is 44.0. The molecule has 0 radical (unpaired) electrons. The second kappa shape index (κ2) is 54.2. The lowest BCUT2D eigenvalue weighted by Gasteiger charge is -2.27. The molecule has 0 aliphatic heterocycles. The van der Waals surface area contributed by atoms with Gasteiger partial charge in [0.25, 0.3) is 0 Å². The Kier molecular flexibility index (Phi) is 52.8. The molecular weight excluding hydrogens is 815 g/mol. The smallest absolute Gasteiger partial charge is 0.249 e. The summed E-state index contributed by atoms with van der Waals surface area (Å²) in [4.78, 5) is 12.6. The second-order valence-corrected chi connectivity index (χ2v) is 20.0. The third-order valence-corrected chi connectivity index (χ3v) is 13.5. The first kappa shape index (κ1) is 64.3. The number of amides is 1. The minimum Gasteiger partial charge on any atom is -0.394 e. The molecule has 0 aromatic carbocycles. The van der Waals surface area contributed by atoms with E-state index < -0.39 is 36.9 Å². The summed E-state index contributed by atoms with van der Waals surface area (Å²) in [7, 11) is 0. The number of carbonyl (C=O) groups excluding carboxylic acids is 1. The Bertz CT molecular complexity index is 1090. The molecule has 0 saturated heterocycles. The number of rotatable bonds is 53. The van der Waals surface area contributed by atoms with Crippen LogP contribution in [0.5, 0.6) is 0 Å². The van der Waals surface area contributed by atoms with Crippen LogP contribution in [0.2, 0.25) is 0 Å². The first-order chi connectivity index (χ1) is 32.5. The van der Waals surface area contributed by atoms with E-state index >= 15 is 0 Å². The van der Waals surface area contributed by atoms with E-state index in [-0.39, 0.29) is 0 Å². The SMILES string of the molecule is CCCCCCCCCCC/C=C\C/C=C\CCCCCCCCC(O)C(=O)NC(CO)C(O)C(O)CCC/C=C/CC/C=C/CCCCCCCCCCCCCCCCCCCCC. The largest absolute Gasteiger partial charge is 0.394 e. The van der Waals surface area contributed by atoms with E-state index in [0.717, 1.165) is 57.8 Å². The average molecular weight is 929 g/mol. The van der Waals surface area contributed by atoms with E-state index in [1.807, 2.05) is 0 Å². The standard InChI is InChI=1S/C60H113NO5/c1-3-5-7-9-11-13-15-17-19-21-23-25-27-28-29-30-31-32-34-35-37-39-41-43-45-47-49-51-53-57(63)59(65)56(55-62)61-60(66)58(64)54-52-50-48-46-44-42-40-38-36-33-26-24-22-20-18-16-14-12-10-8-6-4-2/h24,26,36-39,45,47,56-59,62-65H,3-23,25,27-35,40-44,46,48-55H2,1-2H3,(H,61,66)/b26-24-,38-36-,39-37+,47-45+. The zero-order valence-corrected chi connectivity index (χ0v) is 43.9. The maximum Gasteiger partial charge on any atom is 0.249 e. The van der Waals surface area contributed by atoms with Gasteiger partial charge in [-0.2, -0.15) is 0 Å². The lowest BCUT2D eigenvalue weighted by atomic mass is 10.00. The van der Waals surface area contributed by atoms with Crippen LogP contribution in [0.15, 0.2) is 48.6 Å². The summed E-state index contributed by atoms with van der Waals surface area (Å²) >= 11 is 0. The summed E-state index contributed by atoms with van der Waals surface area (Å²) in [6.45, 7) is 4.06. The molecule has 0 aromatic rings. The maximum atomic E-state index is 12.6. The van der Waals surface area contributed by atoms with E-state index in [0.29, 0.717) is 19.3 Å². The predicted octanol–water partition coefficient (Wildman–Crippen LogP) is 17.0. The molecule has 5 N–H and O–H groups in total. The Morgan fingerprint density at radius 1 is 0.379 bits per heavy atom. The molecule has 6 nitrogen and oxygen atoms in total. The van der Waals surface area contributed by atoms with Gasteiger partial charge >= 0.3 is 0 Å². The van der Waals surface area contributed by atoms with Crippen LogP contribution >= 0.6 is 0 Å². The topological polar surface area (TPSA) is 110 Å². The van der Waals surface area contributed by atoms with Crippen LogP contribution in [0.25, 0.3) is 0 Å². The van der Waals surface area contributed by atoms with Crippen molar-refractivity contribution >= 4 is 5.91 Å². The predicted molar refractivity (Wildman–Crippen MR) is 288 cm³/mol. The lowest BCUT2D eigenvalue weighted by molar-refractivity contribution is -0.132. The molecule has 6 heteroatoms. The van der Waals surface area contributed by atoms with Crippen molar-refractivity contribution in [1.29, 1.82) is 0 Å². The highest BCUT2D eigenvalue weighted by Gasteiger charge is 2.28. The Labute approximate surface area is 410 Å². The summed E-state index contributed by atoms with van der Waals surface area (Å²) in [5.74, 6) is -0.604. The van der Waals surface area contributed by atoms with Crippen molar-refractivity contribution in [3.63, 3.8) is 0 Å². The first-order valence-electron chi connectivity index (χ1n) is 29.0. The fourth-order valence-corrected chi connectivity index (χ4v) is 8.92. The Hall–Kier alpha value is -1.73. The molecule has 0 aliphatic carbocycles. The number of aliphatic hydroxyl groups is 4. The van der Waals surface area contributed by atoms with Crippen molar-refractivity contribution in [2.45, 2.75) is 321 Å². The summed E-state index contributed by atoms with van der Waals surface area (Å²) in [5.41, 5.74) is 0. The number of aliphatic hydroxyl groups excluding tert-OH is 4. The Morgan fingerprint density at radius 2 is 0.682 bits per heavy atom. The van der Waals surface area contributed by atoms with Crippen LogP contribution in [0.1, 0.15) is 296 Å². The average Bonchev–Trinajstić information content (AvgIpc) is 3.32. The molecule has 0 rings (SSSR count). The highest BCUT2D eigenvalue weighted by Crippen LogP contribution is 2.17. The Balaban J connectivity index is 3.70. The highest BCUT2D eigenvalue weighted by atomic mass is 16.3. The maximum absolute atomic E-state index is 12.6. The van der Waals surface area contributed by atoms with E-state index in [1.54, 1.807) is 0 Å². The van der Waals surface area contributed by atoms with Crippen molar-refractivity contribution in [2.24, 2.45) is 0 Å². The molecule has 0 fully saturated rings. The molecule has 66 heavy (non-hydrogen) atoms. The fraction of sp³-hybridized carbons (Fsp3) is 0.850. The zero-order valence-electron chi connectivity index (χ0n) is 43.9. The van der Waals surface area contributed by atoms with Gasteiger partial charge in [0.1, 0.15) is 12.2 Å². The van der Waals surface area contributed by atoms with Crippen molar-refractivity contribution in [3.8, 4) is 0 Å². The van der Waals surface area contributed by atoms with Crippen molar-refractivity contribution in [2.75, 3.05) is 6.61 Å². The van der Waals surface area contributed by atoms with E-state index in [4.69, 9.17) is 0 Å². The highest BCUT2D eigenvalue weighted by molar-refractivity contribution is 5.80. The van der Waals surface area contributed by atoms with Crippen LogP contribution in [0, 0.1) is 0 Å². The normalized spacial score (nSPS) is 14.1. The van der Waals surface area contributed by atoms with Gasteiger partial charge in [-0.15, -0.1) is 0 Å². The number of hydrogen-bond acceptors (Lipinski definition) is 5. The van der Waals surface area contributed by atoms with E-state index in [9.17, 15) is 25.2 Å². The minimum absolute atomic E-state index is 0.347. The molecule has 0 saturated carbocycles. The third-order valence-electron chi connectivity index (χ3n) is 13.5. The summed E-state index contributed by atoms with van der Waals surface area (Å²) < 4.78 is 0. The number of unbranched alkanes of at least 4 members (excludes halogenated alkanes) is 36. The molecule has 0 aromatic heterocycles. The van der Waals surface area contributed by atoms with Gasteiger partial charge in [0.2, 0.25) is 5.91 Å². The quantitative estimate of drug-likeness (QED) is 0.0308. The molecular formula is C60H113NO5. The molecule has 4 atom stereocenters. The number of nitrogens with one attached hydrogen (secondary N) is 1. The Morgan fingerprint density at radius 3 is 1.05 bits per heavy atom.